The molecule has 1 aliphatic heterocycles. The number of nitrogens with zero attached hydrogens (tertiary/aromatic N) is 1. The summed E-state index contributed by atoms with van der Waals surface area (Å²) < 4.78 is 11.2. The van der Waals surface area contributed by atoms with Gasteiger partial charge in [-0.05, 0) is 42.2 Å². The molecule has 0 amide bonds. The first-order valence-corrected chi connectivity index (χ1v) is 9.41. The van der Waals surface area contributed by atoms with E-state index in [1.807, 2.05) is 0 Å². The predicted molar refractivity (Wildman–Crippen MR) is 122 cm³/mol. The predicted octanol–water partition coefficient (Wildman–Crippen LogP) is 3.88. The maximum atomic E-state index is 5.68. The van der Waals surface area contributed by atoms with Crippen molar-refractivity contribution in [2.75, 3.05) is 33.4 Å². The molecule has 1 saturated heterocycles. The zero-order valence-electron chi connectivity index (χ0n) is 16.1. The minimum Gasteiger partial charge on any atom is -0.377 e. The summed E-state index contributed by atoms with van der Waals surface area (Å²) in [7, 11) is 1.79. The third-order valence-electron chi connectivity index (χ3n) is 4.72. The first-order valence-electron chi connectivity index (χ1n) is 9.41. The normalized spacial score (nSPS) is 18.1. The number of guanidine groups is 1. The Bertz CT molecular complexity index is 732. The van der Waals surface area contributed by atoms with Crippen LogP contribution in [0.4, 0.5) is 0 Å². The highest BCUT2D eigenvalue weighted by Crippen LogP contribution is 2.20. The molecule has 1 heterocycles. The van der Waals surface area contributed by atoms with Gasteiger partial charge in [0.05, 0.1) is 25.4 Å². The summed E-state index contributed by atoms with van der Waals surface area (Å²) >= 11 is 0. The molecule has 2 aromatic rings. The van der Waals surface area contributed by atoms with Gasteiger partial charge in [0.15, 0.2) is 5.96 Å². The quantitative estimate of drug-likeness (QED) is 0.272. The summed E-state index contributed by atoms with van der Waals surface area (Å²) in [5.41, 5.74) is 1.24. The number of hydrogen-bond donors (Lipinski definition) is 2. The molecule has 0 aliphatic carbocycles. The molecule has 2 N–H and O–H groups in total. The van der Waals surface area contributed by atoms with E-state index in [0.29, 0.717) is 13.2 Å². The molecule has 0 bridgehead atoms. The lowest BCUT2D eigenvalue weighted by Crippen LogP contribution is -2.40. The lowest BCUT2D eigenvalue weighted by molar-refractivity contribution is 0.0191. The van der Waals surface area contributed by atoms with E-state index in [0.717, 1.165) is 32.0 Å². The molecular weight excluding hydrogens is 453 g/mol. The van der Waals surface area contributed by atoms with Crippen LogP contribution in [0.25, 0.3) is 10.8 Å². The Labute approximate surface area is 178 Å². The first kappa shape index (κ1) is 21.9. The molecule has 2 unspecified atom stereocenters. The third-order valence-corrected chi connectivity index (χ3v) is 4.72. The Morgan fingerprint density at radius 3 is 2.81 bits per heavy atom. The van der Waals surface area contributed by atoms with Crippen molar-refractivity contribution in [1.82, 2.24) is 10.6 Å². The van der Waals surface area contributed by atoms with Crippen LogP contribution in [-0.2, 0) is 9.47 Å². The fraction of sp³-hybridized carbons (Fsp3) is 0.476. The second-order valence-corrected chi connectivity index (χ2v) is 6.68. The molecule has 1 aliphatic rings. The van der Waals surface area contributed by atoms with E-state index in [9.17, 15) is 0 Å². The Morgan fingerprint density at radius 1 is 1.26 bits per heavy atom. The average molecular weight is 483 g/mol. The molecule has 0 radical (unpaired) electrons. The van der Waals surface area contributed by atoms with Gasteiger partial charge in [0.1, 0.15) is 0 Å². The van der Waals surface area contributed by atoms with Crippen LogP contribution in [0.3, 0.4) is 0 Å². The fourth-order valence-electron chi connectivity index (χ4n) is 3.19. The standard InChI is InChI=1S/C21H29N3O2.HI/c1-16(18-10-9-17-6-3-4-7-19(17)14-18)24-21(22-2)23-11-13-25-15-20-8-5-12-26-20;/h3-4,6-7,9-10,14,16,20H,5,8,11-13,15H2,1-2H3,(H2,22,23,24);1H. The number of nitrogens with one attached hydrogen (secondary N) is 2. The molecule has 0 saturated carbocycles. The van der Waals surface area contributed by atoms with Crippen molar-refractivity contribution in [3.8, 4) is 0 Å². The average Bonchev–Trinajstić information content (AvgIpc) is 3.19. The molecule has 3 rings (SSSR count). The zero-order chi connectivity index (χ0) is 18.2. The molecule has 148 valence electrons. The number of ether oxygens (including phenoxy) is 2. The molecular formula is C21H30IN3O2. The monoisotopic (exact) mass is 483 g/mol. The van der Waals surface area contributed by atoms with Crippen molar-refractivity contribution in [3.63, 3.8) is 0 Å². The van der Waals surface area contributed by atoms with Crippen molar-refractivity contribution in [2.24, 2.45) is 4.99 Å². The highest BCUT2D eigenvalue weighted by atomic mass is 127. The highest BCUT2D eigenvalue weighted by molar-refractivity contribution is 14.0. The molecule has 2 aromatic carbocycles. The van der Waals surface area contributed by atoms with Crippen molar-refractivity contribution in [3.05, 3.63) is 48.0 Å². The van der Waals surface area contributed by atoms with Crippen molar-refractivity contribution in [1.29, 1.82) is 0 Å². The zero-order valence-corrected chi connectivity index (χ0v) is 18.4. The maximum absolute atomic E-state index is 5.68. The third kappa shape index (κ3) is 6.62. The SMILES string of the molecule is CN=C(NCCOCC1CCCO1)NC(C)c1ccc2ccccc2c1.I. The van der Waals surface area contributed by atoms with Crippen LogP contribution in [0.1, 0.15) is 31.4 Å². The number of hydrogen-bond acceptors (Lipinski definition) is 3. The van der Waals surface area contributed by atoms with Gasteiger partial charge >= 0.3 is 0 Å². The smallest absolute Gasteiger partial charge is 0.191 e. The minimum atomic E-state index is 0. The number of benzene rings is 2. The molecule has 27 heavy (non-hydrogen) atoms. The van der Waals surface area contributed by atoms with E-state index < -0.39 is 0 Å². The summed E-state index contributed by atoms with van der Waals surface area (Å²) in [6.07, 6.45) is 2.54. The van der Waals surface area contributed by atoms with Gasteiger partial charge in [0.2, 0.25) is 0 Å². The second kappa shape index (κ2) is 11.5. The number of halogens is 1. The Balaban J connectivity index is 0.00000261. The van der Waals surface area contributed by atoms with Crippen LogP contribution >= 0.6 is 24.0 Å². The Kier molecular flexibility index (Phi) is 9.30. The second-order valence-electron chi connectivity index (χ2n) is 6.68. The number of fused-ring (bicyclic) bond motifs is 1. The van der Waals surface area contributed by atoms with Gasteiger partial charge in [-0.2, -0.15) is 0 Å². The van der Waals surface area contributed by atoms with E-state index in [1.165, 1.54) is 16.3 Å². The van der Waals surface area contributed by atoms with Gasteiger partial charge in [-0.1, -0.05) is 36.4 Å². The molecule has 5 nitrogen and oxygen atoms in total. The largest absolute Gasteiger partial charge is 0.377 e. The molecule has 1 fully saturated rings. The van der Waals surface area contributed by atoms with Crippen molar-refractivity contribution >= 4 is 40.7 Å². The highest BCUT2D eigenvalue weighted by Gasteiger charge is 2.15. The van der Waals surface area contributed by atoms with E-state index >= 15 is 0 Å². The lowest BCUT2D eigenvalue weighted by atomic mass is 10.0. The van der Waals surface area contributed by atoms with Gasteiger partial charge in [-0.25, -0.2) is 0 Å². The van der Waals surface area contributed by atoms with Crippen LogP contribution in [-0.4, -0.2) is 45.5 Å². The molecule has 0 aromatic heterocycles. The molecule has 0 spiro atoms. The van der Waals surface area contributed by atoms with Crippen LogP contribution in [0.15, 0.2) is 47.5 Å². The van der Waals surface area contributed by atoms with E-state index in [-0.39, 0.29) is 36.1 Å². The Hall–Kier alpha value is -1.38. The van der Waals surface area contributed by atoms with Crippen LogP contribution in [0, 0.1) is 0 Å². The lowest BCUT2D eigenvalue weighted by Gasteiger charge is -2.19. The Morgan fingerprint density at radius 2 is 2.07 bits per heavy atom. The fourth-order valence-corrected chi connectivity index (χ4v) is 3.19. The summed E-state index contributed by atoms with van der Waals surface area (Å²) in [4.78, 5) is 4.31. The van der Waals surface area contributed by atoms with Crippen molar-refractivity contribution in [2.45, 2.75) is 31.9 Å². The van der Waals surface area contributed by atoms with E-state index in [2.05, 4.69) is 65.0 Å². The number of rotatable bonds is 7. The summed E-state index contributed by atoms with van der Waals surface area (Å²) in [6, 6.07) is 15.1. The molecule has 6 heteroatoms. The van der Waals surface area contributed by atoms with Gasteiger partial charge in [-0.3, -0.25) is 4.99 Å². The van der Waals surface area contributed by atoms with Crippen LogP contribution in [0.5, 0.6) is 0 Å². The minimum absolute atomic E-state index is 0. The summed E-state index contributed by atoms with van der Waals surface area (Å²) in [5.74, 6) is 0.784. The van der Waals surface area contributed by atoms with E-state index in [1.54, 1.807) is 7.05 Å². The van der Waals surface area contributed by atoms with E-state index in [4.69, 9.17) is 9.47 Å². The summed E-state index contributed by atoms with van der Waals surface area (Å²) in [5, 5.41) is 9.26. The maximum Gasteiger partial charge on any atom is 0.191 e. The number of aliphatic imine (C=N–C) groups is 1. The van der Waals surface area contributed by atoms with Gasteiger partial charge in [0, 0.05) is 20.2 Å². The summed E-state index contributed by atoms with van der Waals surface area (Å²) in [6.45, 7) is 5.06. The van der Waals surface area contributed by atoms with Crippen LogP contribution in [0.2, 0.25) is 0 Å². The molecule has 2 atom stereocenters. The van der Waals surface area contributed by atoms with Crippen molar-refractivity contribution < 1.29 is 9.47 Å². The first-order chi connectivity index (χ1) is 12.8. The van der Waals surface area contributed by atoms with Gasteiger partial charge in [-0.15, -0.1) is 24.0 Å². The van der Waals surface area contributed by atoms with Gasteiger partial charge < -0.3 is 20.1 Å². The van der Waals surface area contributed by atoms with Gasteiger partial charge in [0.25, 0.3) is 0 Å². The van der Waals surface area contributed by atoms with Crippen LogP contribution < -0.4 is 10.6 Å². The topological polar surface area (TPSA) is 54.9 Å².